The zero-order valence-electron chi connectivity index (χ0n) is 14.4. The van der Waals surface area contributed by atoms with Crippen LogP contribution in [0.25, 0.3) is 27.8 Å². The van der Waals surface area contributed by atoms with Gasteiger partial charge in [-0.1, -0.05) is 11.6 Å². The largest absolute Gasteiger partial charge is 0.396 e. The summed E-state index contributed by atoms with van der Waals surface area (Å²) in [4.78, 5) is 19.1. The van der Waals surface area contributed by atoms with Crippen LogP contribution in [-0.2, 0) is 4.79 Å². The second-order valence-electron chi connectivity index (χ2n) is 5.97. The molecule has 0 bridgehead atoms. The van der Waals surface area contributed by atoms with E-state index in [-0.39, 0.29) is 17.3 Å². The van der Waals surface area contributed by atoms with Crippen LogP contribution < -0.4 is 10.6 Å². The number of halogens is 2. The standard InChI is InChI=1S/C17H15ClFN7O2/c18-14-13(10-6-26-7-11(22-8-28)24-12(26)5-21-10)9-4-23-25-16(9)17(15(14)19)20-2-1-3-27/h4-8,20,27H,1-3H2,(H,22,28)(H,23,25). The topological polar surface area (TPSA) is 120 Å². The van der Waals surface area contributed by atoms with Crippen molar-refractivity contribution < 1.29 is 14.3 Å². The molecule has 0 aliphatic rings. The van der Waals surface area contributed by atoms with Gasteiger partial charge < -0.3 is 20.1 Å². The maximum absolute atomic E-state index is 15.0. The van der Waals surface area contributed by atoms with E-state index in [2.05, 4.69) is 30.8 Å². The number of amides is 1. The summed E-state index contributed by atoms with van der Waals surface area (Å²) in [7, 11) is 0. The number of aliphatic hydroxyl groups is 1. The van der Waals surface area contributed by atoms with E-state index in [1.54, 1.807) is 23.0 Å². The highest BCUT2D eigenvalue weighted by Gasteiger charge is 2.22. The van der Waals surface area contributed by atoms with Crippen LogP contribution in [0.2, 0.25) is 5.02 Å². The Morgan fingerprint density at radius 3 is 3.00 bits per heavy atom. The minimum atomic E-state index is -0.637. The third kappa shape index (κ3) is 3.02. The zero-order valence-corrected chi connectivity index (χ0v) is 15.2. The van der Waals surface area contributed by atoms with Gasteiger partial charge in [0.2, 0.25) is 6.41 Å². The summed E-state index contributed by atoms with van der Waals surface area (Å²) in [5.74, 6) is -0.273. The van der Waals surface area contributed by atoms with E-state index in [4.69, 9.17) is 16.7 Å². The molecular formula is C17H15ClFN7O2. The number of H-pyrrole nitrogens is 1. The molecule has 0 radical (unpaired) electrons. The number of rotatable bonds is 7. The van der Waals surface area contributed by atoms with E-state index in [1.165, 1.54) is 6.20 Å². The summed E-state index contributed by atoms with van der Waals surface area (Å²) in [5.41, 5.74) is 1.95. The molecule has 0 saturated heterocycles. The molecule has 0 aliphatic heterocycles. The lowest BCUT2D eigenvalue weighted by atomic mass is 10.1. The number of aromatic amines is 1. The van der Waals surface area contributed by atoms with Crippen LogP contribution >= 0.6 is 11.6 Å². The molecule has 9 nitrogen and oxygen atoms in total. The van der Waals surface area contributed by atoms with Gasteiger partial charge in [0.25, 0.3) is 0 Å². The monoisotopic (exact) mass is 403 g/mol. The van der Waals surface area contributed by atoms with Gasteiger partial charge in [0.15, 0.2) is 17.3 Å². The SMILES string of the molecule is O=CNc1cn2cc(-c3c(Cl)c(F)c(NCCCO)c4[nH]ncc34)ncc2n1. The molecule has 1 amide bonds. The Hall–Kier alpha value is -3.24. The zero-order chi connectivity index (χ0) is 19.7. The molecule has 28 heavy (non-hydrogen) atoms. The van der Waals surface area contributed by atoms with Gasteiger partial charge in [-0.2, -0.15) is 5.10 Å². The van der Waals surface area contributed by atoms with Crippen molar-refractivity contribution in [3.63, 3.8) is 0 Å². The highest BCUT2D eigenvalue weighted by atomic mass is 35.5. The van der Waals surface area contributed by atoms with Crippen LogP contribution in [0.5, 0.6) is 0 Å². The van der Waals surface area contributed by atoms with Crippen LogP contribution in [0.1, 0.15) is 6.42 Å². The van der Waals surface area contributed by atoms with Crippen molar-refractivity contribution in [2.24, 2.45) is 0 Å². The van der Waals surface area contributed by atoms with Gasteiger partial charge in [-0.15, -0.1) is 0 Å². The summed E-state index contributed by atoms with van der Waals surface area (Å²) in [6.45, 7) is 0.366. The molecule has 0 saturated carbocycles. The van der Waals surface area contributed by atoms with Gasteiger partial charge in [0.1, 0.15) is 0 Å². The Labute approximate surface area is 162 Å². The minimum absolute atomic E-state index is 0.0116. The summed E-state index contributed by atoms with van der Waals surface area (Å²) >= 11 is 6.36. The van der Waals surface area contributed by atoms with E-state index in [0.29, 0.717) is 53.0 Å². The number of benzene rings is 1. The second-order valence-corrected chi connectivity index (χ2v) is 6.34. The van der Waals surface area contributed by atoms with Gasteiger partial charge in [-0.05, 0) is 6.42 Å². The van der Waals surface area contributed by atoms with E-state index in [0.717, 1.165) is 0 Å². The number of imidazole rings is 1. The quantitative estimate of drug-likeness (QED) is 0.278. The number of carbonyl (C=O) groups excluding carboxylic acids is 1. The molecular weight excluding hydrogens is 389 g/mol. The van der Waals surface area contributed by atoms with Gasteiger partial charge in [-0.3, -0.25) is 14.9 Å². The van der Waals surface area contributed by atoms with Crippen molar-refractivity contribution >= 4 is 46.1 Å². The molecule has 3 aromatic heterocycles. The second kappa shape index (κ2) is 7.41. The normalized spacial score (nSPS) is 11.2. The summed E-state index contributed by atoms with van der Waals surface area (Å²) < 4.78 is 16.7. The number of nitrogens with zero attached hydrogens (tertiary/aromatic N) is 4. The van der Waals surface area contributed by atoms with E-state index >= 15 is 4.39 Å². The number of aromatic nitrogens is 5. The Bertz CT molecular complexity index is 1170. The molecule has 4 aromatic rings. The first-order valence-corrected chi connectivity index (χ1v) is 8.76. The van der Waals surface area contributed by atoms with E-state index < -0.39 is 5.82 Å². The maximum atomic E-state index is 15.0. The molecule has 11 heteroatoms. The molecule has 1 aromatic carbocycles. The van der Waals surface area contributed by atoms with E-state index in [1.807, 2.05) is 0 Å². The number of fused-ring (bicyclic) bond motifs is 2. The first-order chi connectivity index (χ1) is 13.6. The van der Waals surface area contributed by atoms with Crippen LogP contribution in [0.3, 0.4) is 0 Å². The average Bonchev–Trinajstić information content (AvgIpc) is 3.31. The predicted molar refractivity (Wildman–Crippen MR) is 103 cm³/mol. The highest BCUT2D eigenvalue weighted by Crippen LogP contribution is 2.40. The first kappa shape index (κ1) is 18.1. The Balaban J connectivity index is 1.86. The minimum Gasteiger partial charge on any atom is -0.396 e. The summed E-state index contributed by atoms with van der Waals surface area (Å²) in [5, 5.41) is 21.6. The predicted octanol–water partition coefficient (Wildman–Crippen LogP) is 2.43. The van der Waals surface area contributed by atoms with Crippen molar-refractivity contribution in [3.8, 4) is 11.3 Å². The fourth-order valence-electron chi connectivity index (χ4n) is 2.98. The van der Waals surface area contributed by atoms with Crippen LogP contribution in [-0.4, -0.2) is 49.2 Å². The van der Waals surface area contributed by atoms with Gasteiger partial charge in [0, 0.05) is 30.3 Å². The highest BCUT2D eigenvalue weighted by molar-refractivity contribution is 6.35. The number of nitrogens with one attached hydrogen (secondary N) is 3. The molecule has 3 heterocycles. The Morgan fingerprint density at radius 2 is 2.21 bits per heavy atom. The first-order valence-electron chi connectivity index (χ1n) is 8.38. The molecule has 4 N–H and O–H groups in total. The van der Waals surface area contributed by atoms with Crippen molar-refractivity contribution in [1.29, 1.82) is 0 Å². The Morgan fingerprint density at radius 1 is 1.36 bits per heavy atom. The van der Waals surface area contributed by atoms with Crippen LogP contribution in [0, 0.1) is 5.82 Å². The van der Waals surface area contributed by atoms with Crippen molar-refractivity contribution in [3.05, 3.63) is 35.6 Å². The lowest BCUT2D eigenvalue weighted by molar-refractivity contribution is -0.105. The number of hydrogen-bond acceptors (Lipinski definition) is 6. The molecule has 0 unspecified atom stereocenters. The number of carbonyl (C=O) groups is 1. The molecule has 0 fully saturated rings. The number of hydrogen-bond donors (Lipinski definition) is 4. The lowest BCUT2D eigenvalue weighted by Crippen LogP contribution is -2.07. The van der Waals surface area contributed by atoms with Crippen molar-refractivity contribution in [2.45, 2.75) is 6.42 Å². The third-order valence-corrected chi connectivity index (χ3v) is 4.59. The van der Waals surface area contributed by atoms with Crippen LogP contribution in [0.4, 0.5) is 15.9 Å². The van der Waals surface area contributed by atoms with Crippen LogP contribution in [0.15, 0.2) is 24.8 Å². The Kier molecular flexibility index (Phi) is 4.80. The van der Waals surface area contributed by atoms with Gasteiger partial charge in [0.05, 0.1) is 40.5 Å². The van der Waals surface area contributed by atoms with E-state index in [9.17, 15) is 4.79 Å². The number of anilines is 2. The van der Waals surface area contributed by atoms with Gasteiger partial charge >= 0.3 is 0 Å². The summed E-state index contributed by atoms with van der Waals surface area (Å²) in [6.07, 6.45) is 7.29. The third-order valence-electron chi connectivity index (χ3n) is 4.23. The molecule has 144 valence electrons. The maximum Gasteiger partial charge on any atom is 0.212 e. The molecule has 0 aliphatic carbocycles. The summed E-state index contributed by atoms with van der Waals surface area (Å²) in [6, 6.07) is 0. The van der Waals surface area contributed by atoms with Crippen molar-refractivity contribution in [2.75, 3.05) is 23.8 Å². The van der Waals surface area contributed by atoms with Crippen molar-refractivity contribution in [1.82, 2.24) is 24.6 Å². The fraction of sp³-hybridized carbons (Fsp3) is 0.176. The molecule has 0 spiro atoms. The molecule has 4 rings (SSSR count). The number of aliphatic hydroxyl groups excluding tert-OH is 1. The average molecular weight is 404 g/mol. The van der Waals surface area contributed by atoms with Gasteiger partial charge in [-0.25, -0.2) is 9.37 Å². The fourth-order valence-corrected chi connectivity index (χ4v) is 3.27. The smallest absolute Gasteiger partial charge is 0.212 e. The molecule has 0 atom stereocenters. The lowest BCUT2D eigenvalue weighted by Gasteiger charge is -2.13.